The van der Waals surface area contributed by atoms with Crippen LogP contribution in [-0.4, -0.2) is 87.5 Å². The first-order valence-corrected chi connectivity index (χ1v) is 35.7. The molecule has 0 aliphatic carbocycles. The van der Waals surface area contributed by atoms with Gasteiger partial charge in [0.2, 0.25) is 5.91 Å². The van der Waals surface area contributed by atoms with Gasteiger partial charge in [-0.25, -0.2) is 0 Å². The summed E-state index contributed by atoms with van der Waals surface area (Å²) in [5.41, 5.74) is 0. The van der Waals surface area contributed by atoms with Crippen LogP contribution in [0.15, 0.2) is 36.5 Å². The molecular formula is C72H137NO8. The van der Waals surface area contributed by atoms with Crippen LogP contribution in [0, 0.1) is 0 Å². The van der Waals surface area contributed by atoms with Gasteiger partial charge in [-0.3, -0.25) is 4.79 Å². The average molecular weight is 1140 g/mol. The van der Waals surface area contributed by atoms with Crippen molar-refractivity contribution in [2.75, 3.05) is 13.2 Å². The van der Waals surface area contributed by atoms with E-state index in [2.05, 4.69) is 43.5 Å². The molecule has 1 amide bonds. The highest BCUT2D eigenvalue weighted by atomic mass is 16.7. The predicted octanol–water partition coefficient (Wildman–Crippen LogP) is 19.4. The molecule has 0 radical (unpaired) electrons. The molecule has 0 bridgehead atoms. The molecule has 478 valence electrons. The van der Waals surface area contributed by atoms with Crippen LogP contribution in [0.4, 0.5) is 0 Å². The topological polar surface area (TPSA) is 149 Å². The zero-order chi connectivity index (χ0) is 58.6. The van der Waals surface area contributed by atoms with E-state index in [1.807, 2.05) is 6.08 Å². The number of amides is 1. The van der Waals surface area contributed by atoms with Gasteiger partial charge >= 0.3 is 0 Å². The Labute approximate surface area is 501 Å². The van der Waals surface area contributed by atoms with Gasteiger partial charge in [-0.2, -0.15) is 0 Å². The molecule has 0 aromatic rings. The lowest BCUT2D eigenvalue weighted by molar-refractivity contribution is -0.302. The number of carbonyl (C=O) groups is 1. The number of rotatable bonds is 63. The molecule has 7 atom stereocenters. The Morgan fingerprint density at radius 2 is 0.704 bits per heavy atom. The minimum Gasteiger partial charge on any atom is -0.394 e. The maximum absolute atomic E-state index is 13.1. The van der Waals surface area contributed by atoms with Crippen LogP contribution in [-0.2, 0) is 14.3 Å². The molecule has 9 heteroatoms. The van der Waals surface area contributed by atoms with Gasteiger partial charge in [-0.1, -0.05) is 346 Å². The maximum atomic E-state index is 13.1. The smallest absolute Gasteiger partial charge is 0.220 e. The van der Waals surface area contributed by atoms with E-state index >= 15 is 0 Å². The van der Waals surface area contributed by atoms with Gasteiger partial charge in [-0.15, -0.1) is 0 Å². The van der Waals surface area contributed by atoms with Crippen molar-refractivity contribution in [2.45, 2.75) is 403 Å². The van der Waals surface area contributed by atoms with Crippen molar-refractivity contribution in [3.05, 3.63) is 36.5 Å². The Morgan fingerprint density at radius 3 is 1.04 bits per heavy atom. The van der Waals surface area contributed by atoms with Crippen molar-refractivity contribution < 1.29 is 39.8 Å². The number of aliphatic hydroxyl groups is 5. The van der Waals surface area contributed by atoms with Gasteiger partial charge in [0.25, 0.3) is 0 Å². The first-order valence-electron chi connectivity index (χ1n) is 35.7. The van der Waals surface area contributed by atoms with Crippen molar-refractivity contribution in [1.82, 2.24) is 5.32 Å². The number of ether oxygens (including phenoxy) is 2. The second kappa shape index (κ2) is 61.5. The second-order valence-corrected chi connectivity index (χ2v) is 25.0. The Morgan fingerprint density at radius 1 is 0.407 bits per heavy atom. The molecule has 1 aliphatic rings. The Balaban J connectivity index is 2.04. The number of hydrogen-bond donors (Lipinski definition) is 6. The van der Waals surface area contributed by atoms with Crippen LogP contribution in [0.5, 0.6) is 0 Å². The molecule has 0 aromatic carbocycles. The van der Waals surface area contributed by atoms with Crippen LogP contribution in [0.1, 0.15) is 361 Å². The maximum Gasteiger partial charge on any atom is 0.220 e. The van der Waals surface area contributed by atoms with E-state index in [1.54, 1.807) is 6.08 Å². The van der Waals surface area contributed by atoms with Crippen molar-refractivity contribution in [3.8, 4) is 0 Å². The number of allylic oxidation sites excluding steroid dienone is 5. The fraction of sp³-hybridized carbons (Fsp3) is 0.903. The molecule has 0 aromatic heterocycles. The molecule has 0 spiro atoms. The SMILES string of the molecule is CCCCCCCCCC/C=C/CC/C=C/CC/C=C/C(O)C(COC1OC(CO)C(O)C(O)C1O)NC(=O)CCCCCCCCCCCCCCCCCCCCCCCCCCCCCCCCCCCCCCCCCC. The van der Waals surface area contributed by atoms with Crippen LogP contribution in [0.25, 0.3) is 0 Å². The summed E-state index contributed by atoms with van der Waals surface area (Å²) in [7, 11) is 0. The number of nitrogens with one attached hydrogen (secondary N) is 1. The standard InChI is InChI=1S/C72H137NO8/c1-3-5-7-9-11-13-15-17-19-21-23-24-25-26-27-28-29-30-31-32-33-34-35-36-37-38-39-40-41-42-43-44-46-48-50-52-54-56-58-60-62-68(76)73-65(64-80-72-71(79)70(78)69(77)67(63-74)81-72)66(75)61-59-57-55-53-51-49-47-45-22-20-18-16-14-12-10-8-6-4-2/h22,45,51,53,59,61,65-67,69-72,74-75,77-79H,3-21,23-44,46-50,52,54-58,60,62-64H2,1-2H3,(H,73,76)/b45-22+,53-51+,61-59+. The molecule has 9 nitrogen and oxygen atoms in total. The molecule has 1 rings (SSSR count). The monoisotopic (exact) mass is 1140 g/mol. The largest absolute Gasteiger partial charge is 0.394 e. The molecule has 7 unspecified atom stereocenters. The summed E-state index contributed by atoms with van der Waals surface area (Å²) in [5.74, 6) is -0.184. The summed E-state index contributed by atoms with van der Waals surface area (Å²) in [6, 6.07) is -0.827. The van der Waals surface area contributed by atoms with Crippen molar-refractivity contribution >= 4 is 5.91 Å². The van der Waals surface area contributed by atoms with E-state index in [-0.39, 0.29) is 12.5 Å². The van der Waals surface area contributed by atoms with E-state index in [4.69, 9.17) is 9.47 Å². The van der Waals surface area contributed by atoms with E-state index in [1.165, 1.54) is 295 Å². The molecule has 1 saturated heterocycles. The average Bonchev–Trinajstić information content (AvgIpc) is 3.47. The summed E-state index contributed by atoms with van der Waals surface area (Å²) in [4.78, 5) is 13.1. The highest BCUT2D eigenvalue weighted by Gasteiger charge is 2.44. The van der Waals surface area contributed by atoms with Crippen molar-refractivity contribution in [2.24, 2.45) is 0 Å². The third-order valence-corrected chi connectivity index (χ3v) is 17.2. The zero-order valence-electron chi connectivity index (χ0n) is 53.6. The van der Waals surface area contributed by atoms with Crippen LogP contribution < -0.4 is 5.32 Å². The molecule has 1 fully saturated rings. The Hall–Kier alpha value is -1.59. The van der Waals surface area contributed by atoms with E-state index < -0.39 is 49.5 Å². The molecule has 6 N–H and O–H groups in total. The number of carbonyl (C=O) groups excluding carboxylic acids is 1. The number of hydrogen-bond acceptors (Lipinski definition) is 8. The quantitative estimate of drug-likeness (QED) is 0.0261. The number of aliphatic hydroxyl groups excluding tert-OH is 5. The minimum atomic E-state index is -1.57. The van der Waals surface area contributed by atoms with E-state index in [0.29, 0.717) is 6.42 Å². The molecule has 0 saturated carbocycles. The van der Waals surface area contributed by atoms with Crippen molar-refractivity contribution in [1.29, 1.82) is 0 Å². The third kappa shape index (κ3) is 50.3. The fourth-order valence-corrected chi connectivity index (χ4v) is 11.6. The lowest BCUT2D eigenvalue weighted by atomic mass is 9.99. The Bertz CT molecular complexity index is 1370. The first kappa shape index (κ1) is 77.4. The van der Waals surface area contributed by atoms with Crippen LogP contribution in [0.3, 0.4) is 0 Å². The normalized spacial score (nSPS) is 18.5. The fourth-order valence-electron chi connectivity index (χ4n) is 11.6. The lowest BCUT2D eigenvalue weighted by Crippen LogP contribution is -2.60. The number of unbranched alkanes of at least 4 members (excludes halogenated alkanes) is 49. The highest BCUT2D eigenvalue weighted by molar-refractivity contribution is 5.76. The van der Waals surface area contributed by atoms with Crippen molar-refractivity contribution in [3.63, 3.8) is 0 Å². The zero-order valence-corrected chi connectivity index (χ0v) is 53.6. The third-order valence-electron chi connectivity index (χ3n) is 17.2. The van der Waals surface area contributed by atoms with Crippen LogP contribution >= 0.6 is 0 Å². The minimum absolute atomic E-state index is 0.184. The summed E-state index contributed by atoms with van der Waals surface area (Å²) in [6.07, 6.45) is 75.7. The van der Waals surface area contributed by atoms with Gasteiger partial charge in [0.05, 0.1) is 25.4 Å². The van der Waals surface area contributed by atoms with Crippen LogP contribution in [0.2, 0.25) is 0 Å². The molecule has 81 heavy (non-hydrogen) atoms. The van der Waals surface area contributed by atoms with Gasteiger partial charge in [0.15, 0.2) is 6.29 Å². The van der Waals surface area contributed by atoms with Gasteiger partial charge in [0.1, 0.15) is 24.4 Å². The summed E-state index contributed by atoms with van der Waals surface area (Å²) in [6.45, 7) is 3.80. The highest BCUT2D eigenvalue weighted by Crippen LogP contribution is 2.23. The van der Waals surface area contributed by atoms with E-state index in [0.717, 1.165) is 44.9 Å². The summed E-state index contributed by atoms with van der Waals surface area (Å²) < 4.78 is 11.3. The van der Waals surface area contributed by atoms with Gasteiger partial charge in [0, 0.05) is 6.42 Å². The predicted molar refractivity (Wildman–Crippen MR) is 346 cm³/mol. The molecular weight excluding hydrogens is 1010 g/mol. The van der Waals surface area contributed by atoms with Gasteiger partial charge in [-0.05, 0) is 44.9 Å². The summed E-state index contributed by atoms with van der Waals surface area (Å²) >= 11 is 0. The van der Waals surface area contributed by atoms with Gasteiger partial charge < -0.3 is 40.3 Å². The lowest BCUT2D eigenvalue weighted by Gasteiger charge is -2.40. The second-order valence-electron chi connectivity index (χ2n) is 25.0. The summed E-state index contributed by atoms with van der Waals surface area (Å²) in [5, 5.41) is 54.6. The molecule has 1 aliphatic heterocycles. The molecule has 1 heterocycles. The Kier molecular flexibility index (Phi) is 58.8. The first-order chi connectivity index (χ1) is 39.8. The van der Waals surface area contributed by atoms with E-state index in [9.17, 15) is 30.3 Å².